The number of nitrogens with zero attached hydrogens (tertiary/aromatic N) is 3. The summed E-state index contributed by atoms with van der Waals surface area (Å²) in [6, 6.07) is 9.69. The molecule has 6 nitrogen and oxygen atoms in total. The van der Waals surface area contributed by atoms with Gasteiger partial charge in [0.1, 0.15) is 0 Å². The van der Waals surface area contributed by atoms with E-state index in [1.54, 1.807) is 6.07 Å². The zero-order chi connectivity index (χ0) is 19.1. The Morgan fingerprint density at radius 1 is 1.00 bits per heavy atom. The molecule has 0 radical (unpaired) electrons. The van der Waals surface area contributed by atoms with Crippen LogP contribution in [-0.4, -0.2) is 29.9 Å². The van der Waals surface area contributed by atoms with Crippen molar-refractivity contribution >= 4 is 34.1 Å². The summed E-state index contributed by atoms with van der Waals surface area (Å²) in [5.41, 5.74) is 9.63. The van der Waals surface area contributed by atoms with E-state index in [1.165, 1.54) is 19.3 Å². The number of fused-ring (bicyclic) bond motifs is 2. The highest BCUT2D eigenvalue weighted by molar-refractivity contribution is 6.34. The van der Waals surface area contributed by atoms with E-state index in [9.17, 15) is 0 Å². The molecular formula is C21H21ClN4O2. The minimum atomic E-state index is 0.261. The first-order chi connectivity index (χ1) is 13.7. The summed E-state index contributed by atoms with van der Waals surface area (Å²) in [6.07, 6.45) is 4.21. The van der Waals surface area contributed by atoms with Crippen LogP contribution in [0.25, 0.3) is 10.9 Å². The number of nitrogen functional groups attached to an aromatic ring is 1. The minimum absolute atomic E-state index is 0.261. The van der Waals surface area contributed by atoms with Gasteiger partial charge in [-0.1, -0.05) is 17.7 Å². The molecule has 2 aliphatic rings. The van der Waals surface area contributed by atoms with Crippen molar-refractivity contribution in [2.75, 3.05) is 30.5 Å². The molecule has 144 valence electrons. The van der Waals surface area contributed by atoms with Crippen LogP contribution in [0.4, 0.5) is 11.6 Å². The molecule has 0 atom stereocenters. The van der Waals surface area contributed by atoms with Gasteiger partial charge in [0.2, 0.25) is 12.7 Å². The number of nitrogens with two attached hydrogens (primary N) is 1. The van der Waals surface area contributed by atoms with Crippen molar-refractivity contribution < 1.29 is 9.47 Å². The van der Waals surface area contributed by atoms with Crippen LogP contribution in [0, 0.1) is 0 Å². The van der Waals surface area contributed by atoms with Gasteiger partial charge in [0.05, 0.1) is 21.9 Å². The topological polar surface area (TPSA) is 73.5 Å². The first-order valence-corrected chi connectivity index (χ1v) is 9.95. The second-order valence-electron chi connectivity index (χ2n) is 7.24. The number of hydrogen-bond donors (Lipinski definition) is 1. The van der Waals surface area contributed by atoms with Crippen LogP contribution in [0.1, 0.15) is 30.5 Å². The maximum absolute atomic E-state index is 6.32. The zero-order valence-corrected chi connectivity index (χ0v) is 16.2. The molecule has 0 amide bonds. The molecule has 0 bridgehead atoms. The fourth-order valence-electron chi connectivity index (χ4n) is 3.90. The van der Waals surface area contributed by atoms with Crippen LogP contribution in [0.3, 0.4) is 0 Å². The Labute approximate surface area is 168 Å². The smallest absolute Gasteiger partial charge is 0.231 e. The maximum atomic E-state index is 6.32. The maximum Gasteiger partial charge on any atom is 0.231 e. The molecule has 3 heterocycles. The van der Waals surface area contributed by atoms with Gasteiger partial charge in [-0.05, 0) is 49.1 Å². The van der Waals surface area contributed by atoms with Gasteiger partial charge in [0, 0.05) is 24.9 Å². The van der Waals surface area contributed by atoms with Crippen molar-refractivity contribution in [2.24, 2.45) is 0 Å². The fourth-order valence-corrected chi connectivity index (χ4v) is 4.05. The van der Waals surface area contributed by atoms with Gasteiger partial charge in [-0.15, -0.1) is 0 Å². The number of anilines is 2. The molecular weight excluding hydrogens is 376 g/mol. The van der Waals surface area contributed by atoms with Crippen molar-refractivity contribution in [3.63, 3.8) is 0 Å². The monoisotopic (exact) mass is 396 g/mol. The Morgan fingerprint density at radius 2 is 1.82 bits per heavy atom. The third-order valence-electron chi connectivity index (χ3n) is 5.36. The van der Waals surface area contributed by atoms with Gasteiger partial charge >= 0.3 is 0 Å². The third kappa shape index (κ3) is 3.07. The zero-order valence-electron chi connectivity index (χ0n) is 15.4. The highest BCUT2D eigenvalue weighted by Gasteiger charge is 2.20. The van der Waals surface area contributed by atoms with Crippen LogP contribution in [0.2, 0.25) is 5.02 Å². The fraction of sp³-hybridized carbons (Fsp3) is 0.333. The first-order valence-electron chi connectivity index (χ1n) is 9.57. The number of hydrogen-bond acceptors (Lipinski definition) is 6. The van der Waals surface area contributed by atoms with Crippen LogP contribution >= 0.6 is 11.6 Å². The largest absolute Gasteiger partial charge is 0.454 e. The second-order valence-corrected chi connectivity index (χ2v) is 7.64. The molecule has 0 spiro atoms. The Hall–Kier alpha value is -2.73. The molecule has 0 unspecified atom stereocenters. The van der Waals surface area contributed by atoms with E-state index in [4.69, 9.17) is 36.8 Å². The van der Waals surface area contributed by atoms with E-state index in [1.807, 2.05) is 24.3 Å². The number of rotatable bonds is 3. The molecule has 0 aliphatic carbocycles. The molecule has 2 aliphatic heterocycles. The number of piperidine rings is 1. The van der Waals surface area contributed by atoms with E-state index in [0.29, 0.717) is 17.1 Å². The predicted molar refractivity (Wildman–Crippen MR) is 110 cm³/mol. The third-order valence-corrected chi connectivity index (χ3v) is 5.69. The van der Waals surface area contributed by atoms with Crippen LogP contribution in [0.5, 0.6) is 11.5 Å². The summed E-state index contributed by atoms with van der Waals surface area (Å²) >= 11 is 6.30. The average molecular weight is 397 g/mol. The Bertz CT molecular complexity index is 1050. The molecule has 0 saturated carbocycles. The van der Waals surface area contributed by atoms with Crippen molar-refractivity contribution in [1.82, 2.24) is 9.97 Å². The van der Waals surface area contributed by atoms with Crippen molar-refractivity contribution in [3.05, 3.63) is 46.6 Å². The summed E-state index contributed by atoms with van der Waals surface area (Å²) in [5, 5.41) is 1.35. The SMILES string of the molecule is Nc1c(Cl)ccc2nc(N3CCCCC3)nc(Cc3ccc4c(c3)OCO4)c12. The summed E-state index contributed by atoms with van der Waals surface area (Å²) in [7, 11) is 0. The van der Waals surface area contributed by atoms with E-state index < -0.39 is 0 Å². The van der Waals surface area contributed by atoms with E-state index in [-0.39, 0.29) is 6.79 Å². The van der Waals surface area contributed by atoms with Gasteiger partial charge in [-0.2, -0.15) is 0 Å². The Balaban J connectivity index is 1.61. The second kappa shape index (κ2) is 7.02. The summed E-state index contributed by atoms with van der Waals surface area (Å²) < 4.78 is 10.9. The minimum Gasteiger partial charge on any atom is -0.454 e. The van der Waals surface area contributed by atoms with Crippen molar-refractivity contribution in [1.29, 1.82) is 0 Å². The molecule has 2 N–H and O–H groups in total. The summed E-state index contributed by atoms with van der Waals surface area (Å²) in [5.74, 6) is 2.30. The molecule has 2 aromatic carbocycles. The highest BCUT2D eigenvalue weighted by Crippen LogP contribution is 2.35. The lowest BCUT2D eigenvalue weighted by atomic mass is 10.0. The summed E-state index contributed by atoms with van der Waals surface area (Å²) in [6.45, 7) is 2.23. The highest BCUT2D eigenvalue weighted by atomic mass is 35.5. The number of halogens is 1. The van der Waals surface area contributed by atoms with E-state index in [0.717, 1.165) is 52.7 Å². The Morgan fingerprint density at radius 3 is 2.68 bits per heavy atom. The molecule has 3 aromatic rings. The van der Waals surface area contributed by atoms with Crippen molar-refractivity contribution in [3.8, 4) is 11.5 Å². The summed E-state index contributed by atoms with van der Waals surface area (Å²) in [4.78, 5) is 12.0. The lowest BCUT2D eigenvalue weighted by molar-refractivity contribution is 0.174. The number of benzene rings is 2. The van der Waals surface area contributed by atoms with Gasteiger partial charge in [0.25, 0.3) is 0 Å². The van der Waals surface area contributed by atoms with Gasteiger partial charge in [-0.25, -0.2) is 9.97 Å². The van der Waals surface area contributed by atoms with Crippen molar-refractivity contribution in [2.45, 2.75) is 25.7 Å². The van der Waals surface area contributed by atoms with Crippen LogP contribution in [-0.2, 0) is 6.42 Å². The molecule has 1 fully saturated rings. The number of aromatic nitrogens is 2. The number of ether oxygens (including phenoxy) is 2. The van der Waals surface area contributed by atoms with Crippen LogP contribution < -0.4 is 20.1 Å². The molecule has 5 rings (SSSR count). The standard InChI is InChI=1S/C21H21ClN4O2/c22-14-5-6-15-19(20(14)23)16(25-21(24-15)26-8-2-1-3-9-26)10-13-4-7-17-18(11-13)28-12-27-17/h4-7,11H,1-3,8-10,12,23H2. The first kappa shape index (κ1) is 17.4. The molecule has 7 heteroatoms. The normalized spacial score (nSPS) is 16.0. The van der Waals surface area contributed by atoms with E-state index >= 15 is 0 Å². The quantitative estimate of drug-likeness (QED) is 0.669. The van der Waals surface area contributed by atoms with Gasteiger partial charge in [-0.3, -0.25) is 0 Å². The van der Waals surface area contributed by atoms with Gasteiger partial charge < -0.3 is 20.1 Å². The predicted octanol–water partition coefficient (Wildman–Crippen LogP) is 4.18. The lowest BCUT2D eigenvalue weighted by Crippen LogP contribution is -2.31. The molecule has 1 saturated heterocycles. The average Bonchev–Trinajstić information content (AvgIpc) is 3.19. The van der Waals surface area contributed by atoms with E-state index in [2.05, 4.69) is 4.90 Å². The molecule has 28 heavy (non-hydrogen) atoms. The van der Waals surface area contributed by atoms with Gasteiger partial charge in [0.15, 0.2) is 11.5 Å². The molecule has 1 aromatic heterocycles. The van der Waals surface area contributed by atoms with Crippen LogP contribution in [0.15, 0.2) is 30.3 Å². The Kier molecular flexibility index (Phi) is 4.36. The lowest BCUT2D eigenvalue weighted by Gasteiger charge is -2.27.